The predicted octanol–water partition coefficient (Wildman–Crippen LogP) is 1.88. The first-order chi connectivity index (χ1) is 10.4. The molecule has 1 aromatic heterocycles. The van der Waals surface area contributed by atoms with Gasteiger partial charge in [-0.15, -0.1) is 11.8 Å². The molecule has 0 saturated heterocycles. The third kappa shape index (κ3) is 4.86. The maximum Gasteiger partial charge on any atom is 0.416 e. The van der Waals surface area contributed by atoms with Crippen LogP contribution in [0, 0.1) is 0 Å². The molecule has 0 radical (unpaired) electrons. The van der Waals surface area contributed by atoms with Gasteiger partial charge in [0.1, 0.15) is 7.05 Å². The van der Waals surface area contributed by atoms with E-state index in [0.29, 0.717) is 5.56 Å². The molecule has 0 spiro atoms. The van der Waals surface area contributed by atoms with Crippen molar-refractivity contribution in [3.05, 3.63) is 47.8 Å². The highest BCUT2D eigenvalue weighted by Crippen LogP contribution is 2.36. The molecule has 2 rings (SSSR count). The fraction of sp³-hybridized carbons (Fsp3) is 0.353. The van der Waals surface area contributed by atoms with Crippen LogP contribution in [-0.2, 0) is 19.6 Å². The minimum atomic E-state index is -4.32. The van der Waals surface area contributed by atoms with Gasteiger partial charge in [-0.2, -0.15) is 13.2 Å². The number of rotatable bonds is 4. The lowest BCUT2D eigenvalue weighted by Crippen LogP contribution is -3.00. The lowest BCUT2D eigenvalue weighted by molar-refractivity contribution is -0.671. The first kappa shape index (κ1) is 20.3. The number of nitrogens with zero attached hydrogens (tertiary/aromatic N) is 1. The lowest BCUT2D eigenvalue weighted by atomic mass is 10.0. The molecular formula is C17H19F3INS. The Morgan fingerprint density at radius 1 is 1.17 bits per heavy atom. The molecule has 1 aromatic carbocycles. The highest BCUT2D eigenvalue weighted by Gasteiger charge is 2.30. The van der Waals surface area contributed by atoms with Crippen LogP contribution in [-0.4, -0.2) is 6.26 Å². The molecule has 1 nitrogen and oxygen atoms in total. The molecule has 0 N–H and O–H groups in total. The Morgan fingerprint density at radius 2 is 1.87 bits per heavy atom. The summed E-state index contributed by atoms with van der Waals surface area (Å²) in [5, 5.41) is 0. The van der Waals surface area contributed by atoms with Gasteiger partial charge in [-0.05, 0) is 30.4 Å². The topological polar surface area (TPSA) is 3.88 Å². The minimum Gasteiger partial charge on any atom is -1.00 e. The SMILES string of the molecule is CCCc1c[n+](C)cc(-c2cccc(C(F)(F)F)c2)c1SC.[I-]. The van der Waals surface area contributed by atoms with Crippen molar-refractivity contribution in [3.63, 3.8) is 0 Å². The molecule has 126 valence electrons. The summed E-state index contributed by atoms with van der Waals surface area (Å²) in [5.74, 6) is 0. The van der Waals surface area contributed by atoms with Crippen LogP contribution < -0.4 is 28.5 Å². The van der Waals surface area contributed by atoms with Gasteiger partial charge in [0.25, 0.3) is 0 Å². The summed E-state index contributed by atoms with van der Waals surface area (Å²) >= 11 is 1.58. The van der Waals surface area contributed by atoms with Crippen LogP contribution in [0.1, 0.15) is 24.5 Å². The Balaban J connectivity index is 0.00000264. The van der Waals surface area contributed by atoms with Crippen molar-refractivity contribution in [3.8, 4) is 11.1 Å². The molecule has 2 aromatic rings. The van der Waals surface area contributed by atoms with Gasteiger partial charge < -0.3 is 24.0 Å². The first-order valence-electron chi connectivity index (χ1n) is 7.10. The smallest absolute Gasteiger partial charge is 0.416 e. The number of hydrogen-bond donors (Lipinski definition) is 0. The fourth-order valence-electron chi connectivity index (χ4n) is 2.53. The van der Waals surface area contributed by atoms with Gasteiger partial charge in [0.2, 0.25) is 0 Å². The molecule has 0 fully saturated rings. The summed E-state index contributed by atoms with van der Waals surface area (Å²) in [6.07, 6.45) is 3.49. The van der Waals surface area contributed by atoms with Crippen molar-refractivity contribution in [1.29, 1.82) is 0 Å². The van der Waals surface area contributed by atoms with Gasteiger partial charge in [0.05, 0.1) is 11.1 Å². The van der Waals surface area contributed by atoms with E-state index in [-0.39, 0.29) is 24.0 Å². The van der Waals surface area contributed by atoms with E-state index in [9.17, 15) is 13.2 Å². The van der Waals surface area contributed by atoms with Gasteiger partial charge in [0.15, 0.2) is 12.4 Å². The Labute approximate surface area is 156 Å². The Hall–Kier alpha value is -0.760. The van der Waals surface area contributed by atoms with Crippen LogP contribution in [0.25, 0.3) is 11.1 Å². The van der Waals surface area contributed by atoms with E-state index < -0.39 is 11.7 Å². The van der Waals surface area contributed by atoms with Gasteiger partial charge in [0, 0.05) is 10.5 Å². The van der Waals surface area contributed by atoms with Crippen LogP contribution in [0.2, 0.25) is 0 Å². The molecular weight excluding hydrogens is 434 g/mol. The van der Waals surface area contributed by atoms with Crippen molar-refractivity contribution in [2.45, 2.75) is 30.8 Å². The Morgan fingerprint density at radius 3 is 2.43 bits per heavy atom. The fourth-order valence-corrected chi connectivity index (χ4v) is 3.34. The standard InChI is InChI=1S/C17H19F3NS.HI/c1-4-6-13-10-21(2)11-15(16(13)22-3)12-7-5-8-14(9-12)17(18,19)20;/h5,7-11H,4,6H2,1-3H3;1H/q+1;/p-1. The monoisotopic (exact) mass is 453 g/mol. The highest BCUT2D eigenvalue weighted by molar-refractivity contribution is 7.98. The molecule has 0 amide bonds. The predicted molar refractivity (Wildman–Crippen MR) is 83.8 cm³/mol. The molecule has 1 heterocycles. The van der Waals surface area contributed by atoms with Crippen molar-refractivity contribution < 1.29 is 41.7 Å². The van der Waals surface area contributed by atoms with Crippen molar-refractivity contribution in [2.24, 2.45) is 7.05 Å². The van der Waals surface area contributed by atoms with Crippen LogP contribution in [0.5, 0.6) is 0 Å². The molecule has 0 aliphatic heterocycles. The summed E-state index contributed by atoms with van der Waals surface area (Å²) in [6.45, 7) is 2.10. The second-order valence-electron chi connectivity index (χ2n) is 5.22. The van der Waals surface area contributed by atoms with Crippen LogP contribution >= 0.6 is 11.8 Å². The number of benzene rings is 1. The van der Waals surface area contributed by atoms with Gasteiger partial charge in [-0.3, -0.25) is 0 Å². The second kappa shape index (κ2) is 8.37. The summed E-state index contributed by atoms with van der Waals surface area (Å²) in [5.41, 5.74) is 2.02. The van der Waals surface area contributed by atoms with Crippen molar-refractivity contribution >= 4 is 11.8 Å². The van der Waals surface area contributed by atoms with E-state index in [1.807, 2.05) is 30.3 Å². The van der Waals surface area contributed by atoms with Gasteiger partial charge >= 0.3 is 6.18 Å². The average molecular weight is 453 g/mol. The zero-order chi connectivity index (χ0) is 16.3. The van der Waals surface area contributed by atoms with Crippen LogP contribution in [0.15, 0.2) is 41.6 Å². The quantitative estimate of drug-likeness (QED) is 0.389. The molecule has 6 heteroatoms. The molecule has 0 unspecified atom stereocenters. The lowest BCUT2D eigenvalue weighted by Gasteiger charge is -2.13. The average Bonchev–Trinajstić information content (AvgIpc) is 2.46. The van der Waals surface area contributed by atoms with Gasteiger partial charge in [-0.1, -0.05) is 25.5 Å². The number of hydrogen-bond acceptors (Lipinski definition) is 1. The van der Waals surface area contributed by atoms with E-state index in [1.165, 1.54) is 17.7 Å². The molecule has 0 saturated carbocycles. The normalized spacial score (nSPS) is 11.2. The Kier molecular flexibility index (Phi) is 7.38. The largest absolute Gasteiger partial charge is 1.00 e. The Bertz CT molecular complexity index is 671. The van der Waals surface area contributed by atoms with Crippen molar-refractivity contribution in [2.75, 3.05) is 6.26 Å². The zero-order valence-corrected chi connectivity index (χ0v) is 16.2. The van der Waals surface area contributed by atoms with E-state index >= 15 is 0 Å². The van der Waals surface area contributed by atoms with Crippen LogP contribution in [0.3, 0.4) is 0 Å². The van der Waals surface area contributed by atoms with Crippen LogP contribution in [0.4, 0.5) is 13.2 Å². The summed E-state index contributed by atoms with van der Waals surface area (Å²) in [7, 11) is 1.90. The number of halogens is 4. The third-order valence-electron chi connectivity index (χ3n) is 3.45. The van der Waals surface area contributed by atoms with E-state index in [2.05, 4.69) is 6.92 Å². The van der Waals surface area contributed by atoms with E-state index in [0.717, 1.165) is 29.4 Å². The molecule has 0 bridgehead atoms. The zero-order valence-electron chi connectivity index (χ0n) is 13.2. The number of alkyl halides is 3. The molecule has 0 atom stereocenters. The molecule has 0 aliphatic carbocycles. The van der Waals surface area contributed by atoms with E-state index in [4.69, 9.17) is 0 Å². The number of aryl methyl sites for hydroxylation is 2. The summed E-state index contributed by atoms with van der Waals surface area (Å²) in [6, 6.07) is 5.54. The van der Waals surface area contributed by atoms with E-state index in [1.54, 1.807) is 17.8 Å². The van der Waals surface area contributed by atoms with Crippen molar-refractivity contribution in [1.82, 2.24) is 0 Å². The van der Waals surface area contributed by atoms with Gasteiger partial charge in [-0.25, -0.2) is 4.57 Å². The second-order valence-corrected chi connectivity index (χ2v) is 6.04. The molecule has 23 heavy (non-hydrogen) atoms. The molecule has 0 aliphatic rings. The third-order valence-corrected chi connectivity index (χ3v) is 4.34. The summed E-state index contributed by atoms with van der Waals surface area (Å²) in [4.78, 5) is 1.05. The number of pyridine rings is 1. The number of thioether (sulfide) groups is 1. The summed E-state index contributed by atoms with van der Waals surface area (Å²) < 4.78 is 40.7. The minimum absolute atomic E-state index is 0. The maximum absolute atomic E-state index is 12.9. The first-order valence-corrected chi connectivity index (χ1v) is 8.33. The maximum atomic E-state index is 12.9. The highest BCUT2D eigenvalue weighted by atomic mass is 127. The number of aromatic nitrogens is 1.